The number of fused-ring (bicyclic) bond motifs is 1. The smallest absolute Gasteiger partial charge is 0.258 e. The quantitative estimate of drug-likeness (QED) is 0.588. The largest absolute Gasteiger partial charge is 0.277 e. The average Bonchev–Trinajstić information content (AvgIpc) is 2.28. The van der Waals surface area contributed by atoms with E-state index in [1.54, 1.807) is 12.1 Å². The van der Waals surface area contributed by atoms with E-state index in [9.17, 15) is 20.2 Å². The van der Waals surface area contributed by atoms with Crippen molar-refractivity contribution in [3.8, 4) is 0 Å². The summed E-state index contributed by atoms with van der Waals surface area (Å²) in [4.78, 5) is 20.6. The molecule has 0 aliphatic carbocycles. The fourth-order valence-electron chi connectivity index (χ4n) is 1.88. The number of rotatable bonds is 2. The first-order valence-electron chi connectivity index (χ1n) is 4.83. The van der Waals surface area contributed by atoms with Crippen LogP contribution in [0, 0.1) is 27.2 Å². The van der Waals surface area contributed by atoms with E-state index in [0.717, 1.165) is 0 Å². The maximum atomic E-state index is 10.9. The molecule has 0 N–H and O–H groups in total. The summed E-state index contributed by atoms with van der Waals surface area (Å²) >= 11 is 0. The van der Waals surface area contributed by atoms with Gasteiger partial charge in [-0.2, -0.15) is 0 Å². The van der Waals surface area contributed by atoms with Crippen LogP contribution in [0.25, 0.3) is 10.8 Å². The molecule has 0 bridgehead atoms. The second kappa shape index (κ2) is 3.82. The lowest BCUT2D eigenvalue weighted by atomic mass is 10.0. The Morgan fingerprint density at radius 2 is 1.59 bits per heavy atom. The molecule has 2 aromatic carbocycles. The summed E-state index contributed by atoms with van der Waals surface area (Å²) in [6, 6.07) is 7.48. The lowest BCUT2D eigenvalue weighted by molar-refractivity contribution is -0.386. The predicted molar refractivity (Wildman–Crippen MR) is 62.0 cm³/mol. The van der Waals surface area contributed by atoms with Gasteiger partial charge in [-0.05, 0) is 18.4 Å². The zero-order valence-corrected chi connectivity index (χ0v) is 8.91. The van der Waals surface area contributed by atoms with E-state index in [1.807, 2.05) is 0 Å². The van der Waals surface area contributed by atoms with Gasteiger partial charge in [-0.25, -0.2) is 0 Å². The SMILES string of the molecule is Cc1c([N+](=O)[O-])ccc2cccc([N+](=O)[O-])c12. The van der Waals surface area contributed by atoms with E-state index in [2.05, 4.69) is 0 Å². The predicted octanol–water partition coefficient (Wildman–Crippen LogP) is 2.96. The number of nitro groups is 2. The van der Waals surface area contributed by atoms with Crippen molar-refractivity contribution in [1.29, 1.82) is 0 Å². The first kappa shape index (κ1) is 11.0. The van der Waals surface area contributed by atoms with Crippen LogP contribution in [-0.4, -0.2) is 9.85 Å². The molecule has 2 rings (SSSR count). The van der Waals surface area contributed by atoms with Crippen molar-refractivity contribution in [2.45, 2.75) is 6.92 Å². The zero-order valence-electron chi connectivity index (χ0n) is 8.91. The van der Waals surface area contributed by atoms with Gasteiger partial charge in [0.2, 0.25) is 0 Å². The van der Waals surface area contributed by atoms with E-state index in [4.69, 9.17) is 0 Å². The molecule has 17 heavy (non-hydrogen) atoms. The van der Waals surface area contributed by atoms with Crippen molar-refractivity contribution >= 4 is 22.1 Å². The number of hydrogen-bond donors (Lipinski definition) is 0. The third-order valence-electron chi connectivity index (χ3n) is 2.65. The zero-order chi connectivity index (χ0) is 12.6. The molecule has 6 nitrogen and oxygen atoms in total. The van der Waals surface area contributed by atoms with Gasteiger partial charge in [0.15, 0.2) is 0 Å². The second-order valence-electron chi connectivity index (χ2n) is 3.60. The molecule has 0 spiro atoms. The van der Waals surface area contributed by atoms with Gasteiger partial charge in [0, 0.05) is 17.7 Å². The number of hydrogen-bond acceptors (Lipinski definition) is 4. The van der Waals surface area contributed by atoms with Crippen molar-refractivity contribution in [2.75, 3.05) is 0 Å². The number of nitrogens with zero attached hydrogens (tertiary/aromatic N) is 2. The summed E-state index contributed by atoms with van der Waals surface area (Å²) in [5.41, 5.74) is 0.107. The van der Waals surface area contributed by atoms with E-state index in [1.165, 1.54) is 25.1 Å². The standard InChI is InChI=1S/C11H8N2O4/c1-7-9(12(14)15)6-5-8-3-2-4-10(11(7)8)13(16)17/h2-6H,1H3. The van der Waals surface area contributed by atoms with Crippen LogP contribution in [0.2, 0.25) is 0 Å². The van der Waals surface area contributed by atoms with Crippen LogP contribution in [0.5, 0.6) is 0 Å². The Morgan fingerprint density at radius 3 is 2.18 bits per heavy atom. The molecular formula is C11H8N2O4. The molecule has 0 saturated carbocycles. The Hall–Kier alpha value is -2.50. The molecule has 0 saturated heterocycles. The highest BCUT2D eigenvalue weighted by Crippen LogP contribution is 2.33. The van der Waals surface area contributed by atoms with Crippen LogP contribution in [-0.2, 0) is 0 Å². The van der Waals surface area contributed by atoms with Crippen molar-refractivity contribution in [3.05, 3.63) is 56.1 Å². The molecule has 0 atom stereocenters. The van der Waals surface area contributed by atoms with Gasteiger partial charge in [0.1, 0.15) is 0 Å². The molecule has 0 amide bonds. The number of benzene rings is 2. The van der Waals surface area contributed by atoms with Gasteiger partial charge in [-0.1, -0.05) is 12.1 Å². The van der Waals surface area contributed by atoms with Gasteiger partial charge in [0.05, 0.1) is 15.2 Å². The van der Waals surface area contributed by atoms with Gasteiger partial charge < -0.3 is 0 Å². The Morgan fingerprint density at radius 1 is 0.941 bits per heavy atom. The Balaban J connectivity index is 2.91. The molecule has 0 aliphatic rings. The maximum absolute atomic E-state index is 10.9. The van der Waals surface area contributed by atoms with E-state index in [-0.39, 0.29) is 11.4 Å². The van der Waals surface area contributed by atoms with E-state index in [0.29, 0.717) is 16.3 Å². The number of nitro benzene ring substituents is 2. The lowest BCUT2D eigenvalue weighted by Crippen LogP contribution is -1.95. The molecule has 0 aromatic heterocycles. The molecule has 6 heteroatoms. The monoisotopic (exact) mass is 232 g/mol. The third-order valence-corrected chi connectivity index (χ3v) is 2.65. The molecule has 0 unspecified atom stereocenters. The lowest BCUT2D eigenvalue weighted by Gasteiger charge is -2.03. The molecule has 0 fully saturated rings. The molecule has 86 valence electrons. The average molecular weight is 232 g/mol. The summed E-state index contributed by atoms with van der Waals surface area (Å²) < 4.78 is 0. The summed E-state index contributed by atoms with van der Waals surface area (Å²) in [7, 11) is 0. The van der Waals surface area contributed by atoms with Gasteiger partial charge >= 0.3 is 0 Å². The minimum Gasteiger partial charge on any atom is -0.258 e. The first-order valence-corrected chi connectivity index (χ1v) is 4.83. The normalized spacial score (nSPS) is 10.4. The third kappa shape index (κ3) is 1.69. The highest BCUT2D eigenvalue weighted by Gasteiger charge is 2.19. The Labute approximate surface area is 95.8 Å². The summed E-state index contributed by atoms with van der Waals surface area (Å²) in [5, 5.41) is 22.6. The minimum absolute atomic E-state index is 0.105. The summed E-state index contributed by atoms with van der Waals surface area (Å²) in [6.45, 7) is 1.52. The summed E-state index contributed by atoms with van der Waals surface area (Å²) in [6.07, 6.45) is 0. The van der Waals surface area contributed by atoms with Crippen LogP contribution in [0.1, 0.15) is 5.56 Å². The van der Waals surface area contributed by atoms with E-state index < -0.39 is 9.85 Å². The van der Waals surface area contributed by atoms with Crippen molar-refractivity contribution in [1.82, 2.24) is 0 Å². The van der Waals surface area contributed by atoms with Crippen LogP contribution in [0.4, 0.5) is 11.4 Å². The molecule has 2 aromatic rings. The summed E-state index contributed by atoms with van der Waals surface area (Å²) in [5.74, 6) is 0. The van der Waals surface area contributed by atoms with Crippen molar-refractivity contribution in [3.63, 3.8) is 0 Å². The van der Waals surface area contributed by atoms with Crippen molar-refractivity contribution < 1.29 is 9.85 Å². The topological polar surface area (TPSA) is 86.3 Å². The maximum Gasteiger partial charge on any atom is 0.277 e. The van der Waals surface area contributed by atoms with Crippen LogP contribution in [0.15, 0.2) is 30.3 Å². The Bertz CT molecular complexity index is 637. The van der Waals surface area contributed by atoms with E-state index >= 15 is 0 Å². The van der Waals surface area contributed by atoms with Crippen molar-refractivity contribution in [2.24, 2.45) is 0 Å². The fourth-order valence-corrected chi connectivity index (χ4v) is 1.88. The second-order valence-corrected chi connectivity index (χ2v) is 3.60. The highest BCUT2D eigenvalue weighted by atomic mass is 16.6. The fraction of sp³-hybridized carbons (Fsp3) is 0.0909. The Kier molecular flexibility index (Phi) is 2.47. The van der Waals surface area contributed by atoms with Gasteiger partial charge in [-0.3, -0.25) is 20.2 Å². The first-order chi connectivity index (χ1) is 8.02. The minimum atomic E-state index is -0.536. The number of non-ortho nitro benzene ring substituents is 1. The molecule has 0 heterocycles. The van der Waals surface area contributed by atoms with Crippen LogP contribution < -0.4 is 0 Å². The molecular weight excluding hydrogens is 224 g/mol. The molecule has 0 radical (unpaired) electrons. The van der Waals surface area contributed by atoms with Crippen LogP contribution >= 0.6 is 0 Å². The molecule has 0 aliphatic heterocycles. The number of aryl methyl sites for hydroxylation is 1. The van der Waals surface area contributed by atoms with Gasteiger partial charge in [0.25, 0.3) is 11.4 Å². The highest BCUT2D eigenvalue weighted by molar-refractivity contribution is 5.95. The van der Waals surface area contributed by atoms with Crippen LogP contribution in [0.3, 0.4) is 0 Å². The van der Waals surface area contributed by atoms with Gasteiger partial charge in [-0.15, -0.1) is 0 Å².